The first-order valence-corrected chi connectivity index (χ1v) is 3.85. The zero-order valence-corrected chi connectivity index (χ0v) is 7.59. The van der Waals surface area contributed by atoms with E-state index in [1.54, 1.807) is 13.8 Å². The second-order valence-corrected chi connectivity index (χ2v) is 3.12. The molecule has 11 heavy (non-hydrogen) atoms. The summed E-state index contributed by atoms with van der Waals surface area (Å²) in [5, 5.41) is 0. The van der Waals surface area contributed by atoms with Crippen LogP contribution >= 0.6 is 0 Å². The summed E-state index contributed by atoms with van der Waals surface area (Å²) >= 11 is 0. The standard InChI is InChI=1S/C8H16O3/c1-6(2)5-10-8(9)11-7(3)4/h6-7H,5H2,1-4H3. The predicted molar refractivity (Wildman–Crippen MR) is 42.4 cm³/mol. The van der Waals surface area contributed by atoms with E-state index in [-0.39, 0.29) is 6.10 Å². The van der Waals surface area contributed by atoms with Gasteiger partial charge in [0.2, 0.25) is 0 Å². The normalized spacial score (nSPS) is 10.4. The molecule has 0 aliphatic carbocycles. The van der Waals surface area contributed by atoms with Crippen LogP contribution < -0.4 is 0 Å². The first-order chi connectivity index (χ1) is 5.02. The van der Waals surface area contributed by atoms with Gasteiger partial charge >= 0.3 is 6.16 Å². The van der Waals surface area contributed by atoms with Crippen LogP contribution in [-0.4, -0.2) is 18.9 Å². The van der Waals surface area contributed by atoms with Crippen molar-refractivity contribution in [3.8, 4) is 0 Å². The van der Waals surface area contributed by atoms with Gasteiger partial charge < -0.3 is 9.47 Å². The van der Waals surface area contributed by atoms with Crippen molar-refractivity contribution < 1.29 is 14.3 Å². The quantitative estimate of drug-likeness (QED) is 0.594. The van der Waals surface area contributed by atoms with E-state index >= 15 is 0 Å². The van der Waals surface area contributed by atoms with E-state index in [2.05, 4.69) is 0 Å². The van der Waals surface area contributed by atoms with Crippen molar-refractivity contribution in [1.29, 1.82) is 0 Å². The van der Waals surface area contributed by atoms with Gasteiger partial charge in [-0.15, -0.1) is 0 Å². The minimum atomic E-state index is -0.575. The first-order valence-electron chi connectivity index (χ1n) is 3.85. The van der Waals surface area contributed by atoms with Crippen molar-refractivity contribution >= 4 is 6.16 Å². The van der Waals surface area contributed by atoms with Crippen LogP contribution in [0.5, 0.6) is 0 Å². The minimum Gasteiger partial charge on any atom is -0.434 e. The molecule has 0 amide bonds. The lowest BCUT2D eigenvalue weighted by molar-refractivity contribution is 0.0282. The molecule has 0 heterocycles. The second-order valence-electron chi connectivity index (χ2n) is 3.12. The van der Waals surface area contributed by atoms with Gasteiger partial charge in [-0.25, -0.2) is 4.79 Å². The van der Waals surface area contributed by atoms with Gasteiger partial charge in [0.05, 0.1) is 12.7 Å². The van der Waals surface area contributed by atoms with Gasteiger partial charge in [-0.2, -0.15) is 0 Å². The Labute approximate surface area is 67.7 Å². The molecular formula is C8H16O3. The maximum Gasteiger partial charge on any atom is 0.508 e. The molecule has 0 aliphatic heterocycles. The van der Waals surface area contributed by atoms with Crippen LogP contribution in [0.1, 0.15) is 27.7 Å². The molecule has 0 aromatic rings. The summed E-state index contributed by atoms with van der Waals surface area (Å²) in [6.07, 6.45) is -0.677. The SMILES string of the molecule is CC(C)COC(=O)OC(C)C. The van der Waals surface area contributed by atoms with Crippen LogP contribution in [0.4, 0.5) is 4.79 Å². The van der Waals surface area contributed by atoms with Crippen LogP contribution in [0, 0.1) is 5.92 Å². The molecule has 0 saturated heterocycles. The Morgan fingerprint density at radius 2 is 1.82 bits per heavy atom. The van der Waals surface area contributed by atoms with Gasteiger partial charge in [-0.1, -0.05) is 13.8 Å². The summed E-state index contributed by atoms with van der Waals surface area (Å²) in [5.74, 6) is 0.356. The smallest absolute Gasteiger partial charge is 0.434 e. The Bertz CT molecular complexity index is 119. The molecule has 0 radical (unpaired) electrons. The number of ether oxygens (including phenoxy) is 2. The third-order valence-electron chi connectivity index (χ3n) is 0.866. The molecule has 0 saturated carbocycles. The molecule has 0 fully saturated rings. The molecule has 0 aromatic carbocycles. The number of rotatable bonds is 3. The molecular weight excluding hydrogens is 144 g/mol. The molecule has 3 heteroatoms. The highest BCUT2D eigenvalue weighted by atomic mass is 16.7. The molecule has 0 bridgehead atoms. The third kappa shape index (κ3) is 7.16. The predicted octanol–water partition coefficient (Wildman–Crippen LogP) is 2.20. The zero-order chi connectivity index (χ0) is 8.85. The fourth-order valence-electron chi connectivity index (χ4n) is 0.461. The molecule has 0 unspecified atom stereocenters. The van der Waals surface area contributed by atoms with E-state index in [0.717, 1.165) is 0 Å². The molecule has 0 N–H and O–H groups in total. The third-order valence-corrected chi connectivity index (χ3v) is 0.866. The summed E-state index contributed by atoms with van der Waals surface area (Å²) in [6, 6.07) is 0. The summed E-state index contributed by atoms with van der Waals surface area (Å²) in [6.45, 7) is 7.95. The summed E-state index contributed by atoms with van der Waals surface area (Å²) in [5.41, 5.74) is 0. The maximum atomic E-state index is 10.7. The van der Waals surface area contributed by atoms with Crippen molar-refractivity contribution in [3.05, 3.63) is 0 Å². The lowest BCUT2D eigenvalue weighted by Gasteiger charge is -2.09. The average Bonchev–Trinajstić information content (AvgIpc) is 1.82. The lowest BCUT2D eigenvalue weighted by Crippen LogP contribution is -2.15. The van der Waals surface area contributed by atoms with Crippen molar-refractivity contribution in [2.75, 3.05) is 6.61 Å². The molecule has 0 rings (SSSR count). The highest BCUT2D eigenvalue weighted by Gasteiger charge is 2.06. The Kier molecular flexibility index (Phi) is 4.66. The fraction of sp³-hybridized carbons (Fsp3) is 0.875. The highest BCUT2D eigenvalue weighted by Crippen LogP contribution is 1.97. The number of carbonyl (C=O) groups is 1. The number of hydrogen-bond donors (Lipinski definition) is 0. The van der Waals surface area contributed by atoms with Gasteiger partial charge in [0, 0.05) is 0 Å². The average molecular weight is 160 g/mol. The summed E-state index contributed by atoms with van der Waals surface area (Å²) in [7, 11) is 0. The summed E-state index contributed by atoms with van der Waals surface area (Å²) in [4.78, 5) is 10.7. The lowest BCUT2D eigenvalue weighted by atomic mass is 10.2. The molecule has 66 valence electrons. The Morgan fingerprint density at radius 1 is 1.27 bits per heavy atom. The van der Waals surface area contributed by atoms with Crippen LogP contribution in [0.15, 0.2) is 0 Å². The number of carbonyl (C=O) groups excluding carboxylic acids is 1. The van der Waals surface area contributed by atoms with Crippen molar-refractivity contribution in [3.63, 3.8) is 0 Å². The highest BCUT2D eigenvalue weighted by molar-refractivity contribution is 5.59. The van der Waals surface area contributed by atoms with E-state index in [4.69, 9.17) is 9.47 Å². The molecule has 3 nitrogen and oxygen atoms in total. The van der Waals surface area contributed by atoms with Crippen molar-refractivity contribution in [1.82, 2.24) is 0 Å². The molecule has 0 aromatic heterocycles. The van der Waals surface area contributed by atoms with Gasteiger partial charge in [0.1, 0.15) is 0 Å². The second kappa shape index (κ2) is 4.99. The molecule has 0 atom stereocenters. The van der Waals surface area contributed by atoms with Crippen LogP contribution in [0.25, 0.3) is 0 Å². The monoisotopic (exact) mass is 160 g/mol. The van der Waals surface area contributed by atoms with E-state index in [9.17, 15) is 4.79 Å². The van der Waals surface area contributed by atoms with E-state index in [0.29, 0.717) is 12.5 Å². The summed E-state index contributed by atoms with van der Waals surface area (Å²) < 4.78 is 9.49. The van der Waals surface area contributed by atoms with Gasteiger partial charge in [-0.05, 0) is 19.8 Å². The van der Waals surface area contributed by atoms with Crippen LogP contribution in [0.2, 0.25) is 0 Å². The van der Waals surface area contributed by atoms with Gasteiger partial charge in [0.15, 0.2) is 0 Å². The topological polar surface area (TPSA) is 35.5 Å². The molecule has 0 aliphatic rings. The van der Waals surface area contributed by atoms with E-state index in [1.807, 2.05) is 13.8 Å². The maximum absolute atomic E-state index is 10.7. The Balaban J connectivity index is 3.38. The number of hydrogen-bond acceptors (Lipinski definition) is 3. The van der Waals surface area contributed by atoms with Crippen LogP contribution in [0.3, 0.4) is 0 Å². The largest absolute Gasteiger partial charge is 0.508 e. The Morgan fingerprint density at radius 3 is 2.18 bits per heavy atom. The van der Waals surface area contributed by atoms with Gasteiger partial charge in [-0.3, -0.25) is 0 Å². The Hall–Kier alpha value is -0.730. The minimum absolute atomic E-state index is 0.102. The molecule has 0 spiro atoms. The van der Waals surface area contributed by atoms with Crippen molar-refractivity contribution in [2.24, 2.45) is 5.92 Å². The first kappa shape index (κ1) is 10.3. The van der Waals surface area contributed by atoms with Crippen LogP contribution in [-0.2, 0) is 9.47 Å². The fourth-order valence-corrected chi connectivity index (χ4v) is 0.461. The van der Waals surface area contributed by atoms with Crippen molar-refractivity contribution in [2.45, 2.75) is 33.8 Å². The zero-order valence-electron chi connectivity index (χ0n) is 7.59. The van der Waals surface area contributed by atoms with E-state index in [1.165, 1.54) is 0 Å². The van der Waals surface area contributed by atoms with E-state index < -0.39 is 6.16 Å². The van der Waals surface area contributed by atoms with Gasteiger partial charge in [0.25, 0.3) is 0 Å².